The van der Waals surface area contributed by atoms with Crippen molar-refractivity contribution in [2.75, 3.05) is 7.11 Å². The molecule has 0 saturated carbocycles. The van der Waals surface area contributed by atoms with E-state index >= 15 is 0 Å². The molecule has 1 aromatic carbocycles. The summed E-state index contributed by atoms with van der Waals surface area (Å²) in [5.74, 6) is -0.499. The van der Waals surface area contributed by atoms with E-state index in [1.165, 1.54) is 7.11 Å². The van der Waals surface area contributed by atoms with Crippen LogP contribution in [-0.2, 0) is 4.74 Å². The summed E-state index contributed by atoms with van der Waals surface area (Å²) in [5, 5.41) is 0.912. The van der Waals surface area contributed by atoms with Gasteiger partial charge in [-0.15, -0.1) is 0 Å². The number of H-pyrrole nitrogens is 1. The first-order chi connectivity index (χ1) is 13.0. The van der Waals surface area contributed by atoms with Gasteiger partial charge in [-0.2, -0.15) is 0 Å². The molecule has 27 heavy (non-hydrogen) atoms. The molecule has 1 unspecified atom stereocenters. The maximum absolute atomic E-state index is 12.6. The van der Waals surface area contributed by atoms with Gasteiger partial charge in [0.05, 0.1) is 34.6 Å². The van der Waals surface area contributed by atoms with Crippen LogP contribution >= 0.6 is 35.4 Å². The number of pyridine rings is 1. The van der Waals surface area contributed by atoms with Gasteiger partial charge < -0.3 is 14.3 Å². The lowest BCUT2D eigenvalue weighted by Gasteiger charge is -2.20. The standard InChI is InChI=1S/C19H17Cl2N3O2S/c1-3-15(11-7-8-12(20)13(21)10-11)24-17(18(25)26-2)16(23-19(24)27)14-6-4-5-9-22-14/h4-10,15H,3H2,1-2H3,(H,23,27). The molecule has 0 spiro atoms. The molecule has 0 amide bonds. The summed E-state index contributed by atoms with van der Waals surface area (Å²) in [4.78, 5) is 20.1. The van der Waals surface area contributed by atoms with Crippen molar-refractivity contribution in [2.24, 2.45) is 0 Å². The third kappa shape index (κ3) is 3.78. The number of rotatable bonds is 5. The number of nitrogens with one attached hydrogen (secondary N) is 1. The summed E-state index contributed by atoms with van der Waals surface area (Å²) in [5.41, 5.74) is 2.33. The largest absolute Gasteiger partial charge is 0.464 e. The van der Waals surface area contributed by atoms with E-state index in [0.717, 1.165) is 5.56 Å². The van der Waals surface area contributed by atoms with E-state index < -0.39 is 5.97 Å². The van der Waals surface area contributed by atoms with Gasteiger partial charge in [-0.3, -0.25) is 4.98 Å². The van der Waals surface area contributed by atoms with Gasteiger partial charge in [-0.05, 0) is 48.5 Å². The van der Waals surface area contributed by atoms with Crippen molar-refractivity contribution >= 4 is 41.4 Å². The maximum Gasteiger partial charge on any atom is 0.357 e. The van der Waals surface area contributed by atoms with Gasteiger partial charge in [-0.25, -0.2) is 4.79 Å². The van der Waals surface area contributed by atoms with E-state index in [9.17, 15) is 4.79 Å². The molecular weight excluding hydrogens is 405 g/mol. The number of esters is 1. The van der Waals surface area contributed by atoms with Crippen LogP contribution in [0.3, 0.4) is 0 Å². The Balaban J connectivity index is 2.24. The fourth-order valence-electron chi connectivity index (χ4n) is 3.03. The molecule has 0 bridgehead atoms. The molecule has 3 rings (SSSR count). The number of methoxy groups -OCH3 is 1. The molecule has 2 heterocycles. The van der Waals surface area contributed by atoms with Crippen LogP contribution in [0, 0.1) is 4.77 Å². The lowest BCUT2D eigenvalue weighted by molar-refractivity contribution is 0.0587. The highest BCUT2D eigenvalue weighted by Gasteiger charge is 2.27. The zero-order chi connectivity index (χ0) is 19.6. The second-order valence-corrected chi connectivity index (χ2v) is 7.03. The molecule has 0 aliphatic carbocycles. The number of nitrogens with zero attached hydrogens (tertiary/aromatic N) is 2. The normalized spacial score (nSPS) is 12.0. The van der Waals surface area contributed by atoms with Gasteiger partial charge in [0.2, 0.25) is 0 Å². The van der Waals surface area contributed by atoms with Gasteiger partial charge >= 0.3 is 5.97 Å². The first-order valence-electron chi connectivity index (χ1n) is 8.27. The van der Waals surface area contributed by atoms with Crippen LogP contribution in [-0.4, -0.2) is 27.6 Å². The SMILES string of the molecule is CCC(c1ccc(Cl)c(Cl)c1)n1c(C(=O)OC)c(-c2ccccn2)[nH]c1=S. The average molecular weight is 422 g/mol. The molecule has 0 aliphatic rings. The fraction of sp³-hybridized carbons (Fsp3) is 0.211. The topological polar surface area (TPSA) is 59.9 Å². The minimum Gasteiger partial charge on any atom is -0.464 e. The van der Waals surface area contributed by atoms with Crippen molar-refractivity contribution in [3.05, 3.63) is 68.7 Å². The van der Waals surface area contributed by atoms with Gasteiger partial charge in [0.25, 0.3) is 0 Å². The Bertz CT molecular complexity index is 1030. The minimum absolute atomic E-state index is 0.227. The highest BCUT2D eigenvalue weighted by atomic mass is 35.5. The van der Waals surface area contributed by atoms with E-state index in [1.54, 1.807) is 35.0 Å². The molecule has 1 N–H and O–H groups in total. The Morgan fingerprint density at radius 2 is 2.07 bits per heavy atom. The van der Waals surface area contributed by atoms with Gasteiger partial charge in [0.1, 0.15) is 0 Å². The maximum atomic E-state index is 12.6. The van der Waals surface area contributed by atoms with Crippen LogP contribution in [0.15, 0.2) is 42.6 Å². The highest BCUT2D eigenvalue weighted by Crippen LogP contribution is 2.33. The zero-order valence-corrected chi connectivity index (χ0v) is 17.0. The van der Waals surface area contributed by atoms with Crippen LogP contribution in [0.4, 0.5) is 0 Å². The number of aromatic amines is 1. The number of imidazole rings is 1. The van der Waals surface area contributed by atoms with Crippen LogP contribution in [0.25, 0.3) is 11.4 Å². The summed E-state index contributed by atoms with van der Waals surface area (Å²) >= 11 is 17.8. The number of benzene rings is 1. The number of carbonyl (C=O) groups is 1. The van der Waals surface area contributed by atoms with E-state index in [-0.39, 0.29) is 6.04 Å². The lowest BCUT2D eigenvalue weighted by atomic mass is 10.0. The number of ether oxygens (including phenoxy) is 1. The first-order valence-corrected chi connectivity index (χ1v) is 9.43. The molecule has 0 saturated heterocycles. The first kappa shape index (κ1) is 19.6. The van der Waals surface area contributed by atoms with Crippen molar-refractivity contribution in [2.45, 2.75) is 19.4 Å². The van der Waals surface area contributed by atoms with Crippen molar-refractivity contribution in [3.8, 4) is 11.4 Å². The zero-order valence-electron chi connectivity index (χ0n) is 14.7. The third-order valence-electron chi connectivity index (χ3n) is 4.26. The van der Waals surface area contributed by atoms with E-state index in [1.807, 2.05) is 19.1 Å². The molecule has 1 atom stereocenters. The Morgan fingerprint density at radius 3 is 2.67 bits per heavy atom. The molecule has 0 radical (unpaired) electrons. The quantitative estimate of drug-likeness (QED) is 0.423. The summed E-state index contributed by atoms with van der Waals surface area (Å²) in [6.45, 7) is 2.00. The Labute approximate surface area is 171 Å². The predicted molar refractivity (Wildman–Crippen MR) is 109 cm³/mol. The molecule has 140 valence electrons. The monoisotopic (exact) mass is 421 g/mol. The Hall–Kier alpha value is -2.15. The molecular formula is C19H17Cl2N3O2S. The van der Waals surface area contributed by atoms with Crippen molar-refractivity contribution in [3.63, 3.8) is 0 Å². The number of carbonyl (C=O) groups excluding carboxylic acids is 1. The Kier molecular flexibility index (Phi) is 5.99. The average Bonchev–Trinajstić information content (AvgIpc) is 3.02. The predicted octanol–water partition coefficient (Wildman–Crippen LogP) is 5.70. The van der Waals surface area contributed by atoms with Crippen LogP contribution < -0.4 is 0 Å². The molecule has 3 aromatic rings. The van der Waals surface area contributed by atoms with Crippen molar-refractivity contribution < 1.29 is 9.53 Å². The summed E-state index contributed by atoms with van der Waals surface area (Å²) in [7, 11) is 1.34. The minimum atomic E-state index is -0.499. The smallest absolute Gasteiger partial charge is 0.357 e. The number of halogens is 2. The number of aromatic nitrogens is 3. The van der Waals surface area contributed by atoms with Crippen molar-refractivity contribution in [1.29, 1.82) is 0 Å². The van der Waals surface area contributed by atoms with Crippen LogP contribution in [0.1, 0.15) is 35.4 Å². The second kappa shape index (κ2) is 8.25. The van der Waals surface area contributed by atoms with Crippen molar-refractivity contribution in [1.82, 2.24) is 14.5 Å². The molecule has 2 aromatic heterocycles. The number of hydrogen-bond acceptors (Lipinski definition) is 4. The third-order valence-corrected chi connectivity index (χ3v) is 5.29. The molecule has 8 heteroatoms. The molecule has 0 aliphatic heterocycles. The van der Waals surface area contributed by atoms with Gasteiger partial charge in [0, 0.05) is 6.20 Å². The molecule has 0 fully saturated rings. The second-order valence-electron chi connectivity index (χ2n) is 5.83. The lowest BCUT2D eigenvalue weighted by Crippen LogP contribution is -2.18. The van der Waals surface area contributed by atoms with Gasteiger partial charge in [-0.1, -0.05) is 42.3 Å². The summed E-state index contributed by atoms with van der Waals surface area (Å²) in [6, 6.07) is 10.6. The van der Waals surface area contributed by atoms with E-state index in [0.29, 0.717) is 38.3 Å². The van der Waals surface area contributed by atoms with E-state index in [4.69, 9.17) is 40.2 Å². The summed E-state index contributed by atoms with van der Waals surface area (Å²) in [6.07, 6.45) is 2.33. The Morgan fingerprint density at radius 1 is 1.30 bits per heavy atom. The summed E-state index contributed by atoms with van der Waals surface area (Å²) < 4.78 is 7.18. The van der Waals surface area contributed by atoms with Crippen LogP contribution in [0.2, 0.25) is 10.0 Å². The van der Waals surface area contributed by atoms with Gasteiger partial charge in [0.15, 0.2) is 10.5 Å². The fourth-order valence-corrected chi connectivity index (χ4v) is 3.65. The highest BCUT2D eigenvalue weighted by molar-refractivity contribution is 7.71. The number of hydrogen-bond donors (Lipinski definition) is 1. The van der Waals surface area contributed by atoms with Crippen LogP contribution in [0.5, 0.6) is 0 Å². The molecule has 5 nitrogen and oxygen atoms in total. The van der Waals surface area contributed by atoms with E-state index in [2.05, 4.69) is 9.97 Å².